The van der Waals surface area contributed by atoms with Crippen LogP contribution in [0.2, 0.25) is 0 Å². The number of benzene rings is 1. The zero-order chi connectivity index (χ0) is 13.0. The molecule has 0 fully saturated rings. The molecule has 7 heteroatoms. The van der Waals surface area contributed by atoms with Crippen LogP contribution < -0.4 is 16.0 Å². The molecule has 0 atom stereocenters. The second kappa shape index (κ2) is 5.28. The molecule has 0 radical (unpaired) electrons. The van der Waals surface area contributed by atoms with Crippen molar-refractivity contribution in [2.45, 2.75) is 6.42 Å². The van der Waals surface area contributed by atoms with Gasteiger partial charge in [-0.1, -0.05) is 6.07 Å². The quantitative estimate of drug-likeness (QED) is 0.457. The fourth-order valence-electron chi connectivity index (χ4n) is 1.39. The van der Waals surface area contributed by atoms with Gasteiger partial charge >= 0.3 is 0 Å². The number of ether oxygens (including phenoxy) is 1. The van der Waals surface area contributed by atoms with Gasteiger partial charge in [-0.25, -0.2) is 5.84 Å². The molecule has 2 aromatic rings. The van der Waals surface area contributed by atoms with Gasteiger partial charge in [-0.3, -0.25) is 10.2 Å². The summed E-state index contributed by atoms with van der Waals surface area (Å²) in [4.78, 5) is 11.0. The molecule has 2 rings (SSSR count). The summed E-state index contributed by atoms with van der Waals surface area (Å²) in [5.41, 5.74) is 2.72. The fraction of sp³-hybridized carbons (Fsp3) is 0.182. The number of nitrogens with zero attached hydrogens (tertiary/aromatic N) is 2. The van der Waals surface area contributed by atoms with Crippen LogP contribution in [0.4, 0.5) is 0 Å². The average molecular weight is 248 g/mol. The van der Waals surface area contributed by atoms with Crippen molar-refractivity contribution in [3.8, 4) is 17.2 Å². The molecule has 0 aliphatic heterocycles. The summed E-state index contributed by atoms with van der Waals surface area (Å²) < 4.78 is 10.4. The van der Waals surface area contributed by atoms with Gasteiger partial charge in [0.15, 0.2) is 0 Å². The number of methoxy groups -OCH3 is 1. The van der Waals surface area contributed by atoms with E-state index in [1.165, 1.54) is 0 Å². The minimum atomic E-state index is -0.393. The molecule has 1 aromatic heterocycles. The highest BCUT2D eigenvalue weighted by Gasteiger charge is 2.11. The first-order valence-electron chi connectivity index (χ1n) is 5.19. The van der Waals surface area contributed by atoms with Crippen LogP contribution in [0.3, 0.4) is 0 Å². The zero-order valence-electron chi connectivity index (χ0n) is 9.71. The van der Waals surface area contributed by atoms with Crippen molar-refractivity contribution in [2.24, 2.45) is 5.84 Å². The van der Waals surface area contributed by atoms with Gasteiger partial charge in [0.2, 0.25) is 17.7 Å². The van der Waals surface area contributed by atoms with E-state index in [9.17, 15) is 4.79 Å². The van der Waals surface area contributed by atoms with Crippen molar-refractivity contribution in [2.75, 3.05) is 7.11 Å². The van der Waals surface area contributed by atoms with Gasteiger partial charge < -0.3 is 9.15 Å². The molecule has 1 amide bonds. The molecule has 18 heavy (non-hydrogen) atoms. The van der Waals surface area contributed by atoms with E-state index >= 15 is 0 Å². The van der Waals surface area contributed by atoms with Gasteiger partial charge in [0.1, 0.15) is 12.2 Å². The van der Waals surface area contributed by atoms with Crippen molar-refractivity contribution in [3.05, 3.63) is 30.2 Å². The molecule has 7 nitrogen and oxygen atoms in total. The third-order valence-electron chi connectivity index (χ3n) is 2.26. The molecule has 0 aliphatic rings. The third kappa shape index (κ3) is 2.64. The van der Waals surface area contributed by atoms with Crippen LogP contribution in [-0.4, -0.2) is 23.2 Å². The summed E-state index contributed by atoms with van der Waals surface area (Å²) >= 11 is 0. The lowest BCUT2D eigenvalue weighted by molar-refractivity contribution is -0.120. The highest BCUT2D eigenvalue weighted by atomic mass is 16.5. The molecule has 0 bridgehead atoms. The Bertz CT molecular complexity index is 553. The van der Waals surface area contributed by atoms with Crippen molar-refractivity contribution in [1.82, 2.24) is 15.6 Å². The first-order valence-corrected chi connectivity index (χ1v) is 5.19. The van der Waals surface area contributed by atoms with Crippen LogP contribution in [-0.2, 0) is 11.2 Å². The van der Waals surface area contributed by atoms with E-state index in [4.69, 9.17) is 15.0 Å². The summed E-state index contributed by atoms with van der Waals surface area (Å²) in [6.07, 6.45) is -0.0481. The molecule has 0 spiro atoms. The van der Waals surface area contributed by atoms with E-state index < -0.39 is 5.91 Å². The molecule has 0 unspecified atom stereocenters. The molecule has 94 valence electrons. The Morgan fingerprint density at radius 1 is 1.50 bits per heavy atom. The Morgan fingerprint density at radius 3 is 3.06 bits per heavy atom. The number of rotatable bonds is 4. The molecule has 0 saturated carbocycles. The number of carbonyl (C=O) groups excluding carboxylic acids is 1. The molecule has 0 saturated heterocycles. The molecule has 3 N–H and O–H groups in total. The van der Waals surface area contributed by atoms with E-state index in [0.29, 0.717) is 11.6 Å². The van der Waals surface area contributed by atoms with E-state index in [1.54, 1.807) is 13.2 Å². The smallest absolute Gasteiger partial charge is 0.247 e. The summed E-state index contributed by atoms with van der Waals surface area (Å²) in [6.45, 7) is 0. The molecule has 1 aromatic carbocycles. The summed E-state index contributed by atoms with van der Waals surface area (Å²) in [7, 11) is 1.57. The van der Waals surface area contributed by atoms with Crippen molar-refractivity contribution < 1.29 is 13.9 Å². The van der Waals surface area contributed by atoms with Gasteiger partial charge in [0, 0.05) is 5.56 Å². The van der Waals surface area contributed by atoms with Gasteiger partial charge in [0.05, 0.1) is 7.11 Å². The normalized spacial score (nSPS) is 10.1. The predicted octanol–water partition coefficient (Wildman–Crippen LogP) is 0.278. The molecular formula is C11H12N4O3. The topological polar surface area (TPSA) is 103 Å². The highest BCUT2D eigenvalue weighted by molar-refractivity contribution is 5.76. The third-order valence-corrected chi connectivity index (χ3v) is 2.26. The highest BCUT2D eigenvalue weighted by Crippen LogP contribution is 2.22. The first kappa shape index (κ1) is 12.1. The number of hydrogen-bond acceptors (Lipinski definition) is 6. The minimum absolute atomic E-state index is 0.0481. The van der Waals surface area contributed by atoms with Crippen LogP contribution in [0.15, 0.2) is 28.7 Å². The van der Waals surface area contributed by atoms with Crippen LogP contribution in [0, 0.1) is 0 Å². The average Bonchev–Trinajstić information content (AvgIpc) is 2.87. The van der Waals surface area contributed by atoms with Crippen molar-refractivity contribution in [1.29, 1.82) is 0 Å². The van der Waals surface area contributed by atoms with Crippen molar-refractivity contribution in [3.63, 3.8) is 0 Å². The largest absolute Gasteiger partial charge is 0.497 e. The number of carbonyl (C=O) groups is 1. The second-order valence-electron chi connectivity index (χ2n) is 3.48. The maximum absolute atomic E-state index is 11.0. The number of nitrogens with one attached hydrogen (secondary N) is 1. The summed E-state index contributed by atoms with van der Waals surface area (Å²) in [5, 5.41) is 7.62. The van der Waals surface area contributed by atoms with Gasteiger partial charge in [-0.05, 0) is 18.2 Å². The molecule has 1 heterocycles. The lowest BCUT2D eigenvalue weighted by Gasteiger charge is -2.00. The predicted molar refractivity (Wildman–Crippen MR) is 62.3 cm³/mol. The van der Waals surface area contributed by atoms with E-state index in [0.717, 1.165) is 5.56 Å². The van der Waals surface area contributed by atoms with Gasteiger partial charge in [-0.2, -0.15) is 0 Å². The Hall–Kier alpha value is -2.41. The van der Waals surface area contributed by atoms with E-state index in [-0.39, 0.29) is 12.3 Å². The number of amides is 1. The number of hydrogen-bond donors (Lipinski definition) is 2. The number of hydrazine groups is 1. The monoisotopic (exact) mass is 248 g/mol. The van der Waals surface area contributed by atoms with Gasteiger partial charge in [-0.15, -0.1) is 10.2 Å². The Balaban J connectivity index is 2.20. The maximum atomic E-state index is 11.0. The van der Waals surface area contributed by atoms with E-state index in [1.807, 2.05) is 23.6 Å². The standard InChI is InChI=1S/C11H12N4O3/c1-17-8-4-2-3-7(5-8)11-15-14-10(18-11)6-9(16)13-12/h2-5H,6,12H2,1H3,(H,13,16). The Morgan fingerprint density at radius 2 is 2.33 bits per heavy atom. The minimum Gasteiger partial charge on any atom is -0.497 e. The molecular weight excluding hydrogens is 236 g/mol. The lowest BCUT2D eigenvalue weighted by atomic mass is 10.2. The lowest BCUT2D eigenvalue weighted by Crippen LogP contribution is -2.31. The Labute approximate surface area is 103 Å². The number of aromatic nitrogens is 2. The zero-order valence-corrected chi connectivity index (χ0v) is 9.71. The Kier molecular flexibility index (Phi) is 3.54. The van der Waals surface area contributed by atoms with Crippen LogP contribution in [0.1, 0.15) is 5.89 Å². The fourth-order valence-corrected chi connectivity index (χ4v) is 1.39. The maximum Gasteiger partial charge on any atom is 0.247 e. The van der Waals surface area contributed by atoms with Crippen LogP contribution in [0.25, 0.3) is 11.5 Å². The SMILES string of the molecule is COc1cccc(-c2nnc(CC(=O)NN)o2)c1. The summed E-state index contributed by atoms with van der Waals surface area (Å²) in [6, 6.07) is 7.19. The van der Waals surface area contributed by atoms with Crippen LogP contribution in [0.5, 0.6) is 5.75 Å². The van der Waals surface area contributed by atoms with Crippen molar-refractivity contribution >= 4 is 5.91 Å². The van der Waals surface area contributed by atoms with Gasteiger partial charge in [0.25, 0.3) is 0 Å². The first-order chi connectivity index (χ1) is 8.72. The number of nitrogens with two attached hydrogens (primary N) is 1. The second-order valence-corrected chi connectivity index (χ2v) is 3.48. The molecule has 0 aliphatic carbocycles. The van der Waals surface area contributed by atoms with Crippen LogP contribution >= 0.6 is 0 Å². The van der Waals surface area contributed by atoms with E-state index in [2.05, 4.69) is 10.2 Å². The summed E-state index contributed by atoms with van der Waals surface area (Å²) in [5.74, 6) is 5.80.